The lowest BCUT2D eigenvalue weighted by Gasteiger charge is -2.11. The Hall–Kier alpha value is -1.63. The van der Waals surface area contributed by atoms with Gasteiger partial charge in [-0.1, -0.05) is 56.9 Å². The molecule has 0 aliphatic rings. The monoisotopic (exact) mass is 353 g/mol. The van der Waals surface area contributed by atoms with Crippen molar-refractivity contribution < 1.29 is 23.8 Å². The molecule has 0 aliphatic heterocycles. The van der Waals surface area contributed by atoms with Crippen molar-refractivity contribution in [3.8, 4) is 5.75 Å². The highest BCUT2D eigenvalue weighted by Gasteiger charge is 2.09. The van der Waals surface area contributed by atoms with E-state index in [0.29, 0.717) is 5.39 Å². The van der Waals surface area contributed by atoms with Gasteiger partial charge in [-0.2, -0.15) is 0 Å². The minimum Gasteiger partial charge on any atom is -0.744 e. The van der Waals surface area contributed by atoms with Gasteiger partial charge in [0.25, 0.3) is 0 Å². The van der Waals surface area contributed by atoms with Crippen LogP contribution in [0, 0.1) is 0 Å². The predicted octanol–water partition coefficient (Wildman–Crippen LogP) is 3.04. The second-order valence-corrected chi connectivity index (χ2v) is 7.05. The predicted molar refractivity (Wildman–Crippen MR) is 94.7 cm³/mol. The van der Waals surface area contributed by atoms with Gasteiger partial charge >= 0.3 is 0 Å². The molecule has 134 valence electrons. The summed E-state index contributed by atoms with van der Waals surface area (Å²) in [5.41, 5.74) is 3.80. The molecule has 0 atom stereocenters. The first kappa shape index (κ1) is 20.4. The Morgan fingerprint density at radius 2 is 1.54 bits per heavy atom. The van der Waals surface area contributed by atoms with E-state index in [-0.39, 0.29) is 16.0 Å². The van der Waals surface area contributed by atoms with Crippen LogP contribution in [0.1, 0.15) is 45.4 Å². The molecule has 2 aromatic rings. The molecule has 0 aliphatic carbocycles. The molecule has 0 aromatic heterocycles. The molecule has 0 saturated carbocycles. The van der Waals surface area contributed by atoms with Crippen LogP contribution in [-0.4, -0.2) is 24.6 Å². The molecule has 4 N–H and O–H groups in total. The van der Waals surface area contributed by atoms with Crippen LogP contribution < -0.4 is 5.73 Å². The molecule has 6 heteroatoms. The van der Waals surface area contributed by atoms with E-state index >= 15 is 0 Å². The van der Waals surface area contributed by atoms with Crippen LogP contribution in [0.3, 0.4) is 0 Å². The van der Waals surface area contributed by atoms with E-state index in [4.69, 9.17) is 0 Å². The molecule has 2 aromatic carbocycles. The van der Waals surface area contributed by atoms with Gasteiger partial charge in [0.1, 0.15) is 15.9 Å². The molecular weight excluding hydrogens is 326 g/mol. The Balaban J connectivity index is 0.000000277. The summed E-state index contributed by atoms with van der Waals surface area (Å²) in [7, 11) is -4.51. The van der Waals surface area contributed by atoms with Crippen molar-refractivity contribution in [2.45, 2.75) is 50.3 Å². The van der Waals surface area contributed by atoms with E-state index in [1.54, 1.807) is 18.2 Å². The van der Waals surface area contributed by atoms with Crippen LogP contribution >= 0.6 is 0 Å². The molecule has 0 spiro atoms. The van der Waals surface area contributed by atoms with Gasteiger partial charge in [-0.15, -0.1) is 0 Å². The van der Waals surface area contributed by atoms with E-state index in [1.165, 1.54) is 50.7 Å². The van der Waals surface area contributed by atoms with Gasteiger partial charge in [-0.25, -0.2) is 8.42 Å². The largest absolute Gasteiger partial charge is 0.744 e. The van der Waals surface area contributed by atoms with E-state index < -0.39 is 10.1 Å². The number of benzene rings is 2. The molecule has 2 rings (SSSR count). The lowest BCUT2D eigenvalue weighted by Crippen LogP contribution is -2.50. The molecule has 0 unspecified atom stereocenters. The summed E-state index contributed by atoms with van der Waals surface area (Å²) < 4.78 is 32.8. The number of aromatic hydroxyl groups is 1. The highest BCUT2D eigenvalue weighted by molar-refractivity contribution is 7.86. The molecular formula is C18H27NO4S. The zero-order valence-electron chi connectivity index (χ0n) is 14.2. The Kier molecular flexibility index (Phi) is 8.74. The molecule has 0 saturated heterocycles. The van der Waals surface area contributed by atoms with E-state index in [2.05, 4.69) is 12.7 Å². The highest BCUT2D eigenvalue weighted by atomic mass is 32.2. The first-order valence-electron chi connectivity index (χ1n) is 8.37. The third-order valence-electron chi connectivity index (χ3n) is 3.73. The SMILES string of the molecule is CCCCCCCC[NH3+].O=S(=O)([O-])c1ccc(O)c2ccccc12. The summed E-state index contributed by atoms with van der Waals surface area (Å²) in [6.07, 6.45) is 8.33. The number of phenolic OH excluding ortho intramolecular Hbond substituents is 1. The van der Waals surface area contributed by atoms with Gasteiger partial charge in [0.15, 0.2) is 0 Å². The maximum atomic E-state index is 10.9. The summed E-state index contributed by atoms with van der Waals surface area (Å²) in [6, 6.07) is 8.62. The minimum absolute atomic E-state index is 0.0435. The average molecular weight is 353 g/mol. The van der Waals surface area contributed by atoms with Crippen LogP contribution in [0.2, 0.25) is 0 Å². The highest BCUT2D eigenvalue weighted by Crippen LogP contribution is 2.29. The average Bonchev–Trinajstić information content (AvgIpc) is 2.55. The summed E-state index contributed by atoms with van der Waals surface area (Å²) in [4.78, 5) is -0.309. The third kappa shape index (κ3) is 6.47. The normalized spacial score (nSPS) is 11.1. The lowest BCUT2D eigenvalue weighted by atomic mass is 10.1. The van der Waals surface area contributed by atoms with Crippen LogP contribution in [0.5, 0.6) is 5.75 Å². The first-order valence-corrected chi connectivity index (χ1v) is 9.78. The van der Waals surface area contributed by atoms with Crippen LogP contribution in [0.15, 0.2) is 41.3 Å². The summed E-state index contributed by atoms with van der Waals surface area (Å²) in [5, 5.41) is 10.1. The zero-order chi connectivity index (χ0) is 18.0. The molecule has 0 amide bonds. The van der Waals surface area contributed by atoms with Crippen molar-refractivity contribution in [2.24, 2.45) is 0 Å². The van der Waals surface area contributed by atoms with Crippen molar-refractivity contribution in [2.75, 3.05) is 6.54 Å². The number of hydrogen-bond acceptors (Lipinski definition) is 4. The second kappa shape index (κ2) is 10.3. The number of fused-ring (bicyclic) bond motifs is 1. The maximum absolute atomic E-state index is 10.9. The van der Waals surface area contributed by atoms with Crippen molar-refractivity contribution >= 4 is 20.9 Å². The minimum atomic E-state index is -4.51. The van der Waals surface area contributed by atoms with Gasteiger partial charge < -0.3 is 15.4 Å². The Bertz CT molecular complexity index is 723. The van der Waals surface area contributed by atoms with E-state index in [1.807, 2.05) is 0 Å². The molecule has 0 fully saturated rings. The van der Waals surface area contributed by atoms with Gasteiger partial charge in [0.05, 0.1) is 11.4 Å². The van der Waals surface area contributed by atoms with Crippen LogP contribution in [0.25, 0.3) is 10.8 Å². The fourth-order valence-electron chi connectivity index (χ4n) is 2.43. The van der Waals surface area contributed by atoms with Crippen molar-refractivity contribution in [3.05, 3.63) is 36.4 Å². The number of rotatable bonds is 7. The Morgan fingerprint density at radius 3 is 2.12 bits per heavy atom. The van der Waals surface area contributed by atoms with Gasteiger partial charge in [0.2, 0.25) is 0 Å². The summed E-state index contributed by atoms with van der Waals surface area (Å²) in [6.45, 7) is 3.37. The van der Waals surface area contributed by atoms with Crippen molar-refractivity contribution in [3.63, 3.8) is 0 Å². The maximum Gasteiger partial charge on any atom is 0.125 e. The molecule has 0 radical (unpaired) electrons. The Labute approximate surface area is 144 Å². The van der Waals surface area contributed by atoms with Crippen molar-refractivity contribution in [1.29, 1.82) is 0 Å². The van der Waals surface area contributed by atoms with Gasteiger partial charge in [-0.05, 0) is 25.0 Å². The van der Waals surface area contributed by atoms with E-state index in [9.17, 15) is 18.1 Å². The fraction of sp³-hybridized carbons (Fsp3) is 0.444. The number of unbranched alkanes of at least 4 members (excludes halogenated alkanes) is 5. The lowest BCUT2D eigenvalue weighted by molar-refractivity contribution is -0.368. The molecule has 5 nitrogen and oxygen atoms in total. The smallest absolute Gasteiger partial charge is 0.125 e. The zero-order valence-corrected chi connectivity index (χ0v) is 15.0. The van der Waals surface area contributed by atoms with Gasteiger partial charge in [-0.3, -0.25) is 0 Å². The fourth-order valence-corrected chi connectivity index (χ4v) is 3.11. The molecule has 24 heavy (non-hydrogen) atoms. The Morgan fingerprint density at radius 1 is 0.958 bits per heavy atom. The number of quaternary nitrogens is 1. The molecule has 0 bridgehead atoms. The number of phenols is 1. The molecule has 0 heterocycles. The van der Waals surface area contributed by atoms with Crippen molar-refractivity contribution in [1.82, 2.24) is 0 Å². The second-order valence-electron chi connectivity index (χ2n) is 5.70. The third-order valence-corrected chi connectivity index (χ3v) is 4.63. The summed E-state index contributed by atoms with van der Waals surface area (Å²) in [5.74, 6) is -0.0435. The van der Waals surface area contributed by atoms with Crippen LogP contribution in [0.4, 0.5) is 0 Å². The topological polar surface area (TPSA) is 105 Å². The van der Waals surface area contributed by atoms with E-state index in [0.717, 1.165) is 12.6 Å². The summed E-state index contributed by atoms with van der Waals surface area (Å²) >= 11 is 0. The van der Waals surface area contributed by atoms with Gasteiger partial charge in [0, 0.05) is 10.8 Å². The number of hydrogen-bond donors (Lipinski definition) is 2. The standard InChI is InChI=1S/C10H8O4S.C8H19N/c11-9-5-6-10(15(12,13)14)8-4-2-1-3-7(8)9;1-2-3-4-5-6-7-8-9/h1-6,11H,(H,12,13,14);2-9H2,1H3. The first-order chi connectivity index (χ1) is 11.4. The van der Waals surface area contributed by atoms with Crippen LogP contribution in [-0.2, 0) is 10.1 Å². The quantitative estimate of drug-likeness (QED) is 0.589.